The first-order chi connectivity index (χ1) is 9.56. The molecular weight excluding hydrogens is 433 g/mol. The van der Waals surface area contributed by atoms with Crippen LogP contribution in [0, 0.1) is 3.57 Å². The summed E-state index contributed by atoms with van der Waals surface area (Å²) in [5.74, 6) is -0.434. The van der Waals surface area contributed by atoms with Gasteiger partial charge in [-0.15, -0.1) is 0 Å². The van der Waals surface area contributed by atoms with Gasteiger partial charge in [0.2, 0.25) is 0 Å². The highest BCUT2D eigenvalue weighted by molar-refractivity contribution is 14.1. The molecule has 0 unspecified atom stereocenters. The van der Waals surface area contributed by atoms with Crippen LogP contribution in [-0.2, 0) is 6.54 Å². The van der Waals surface area contributed by atoms with Gasteiger partial charge >= 0.3 is 0 Å². The Morgan fingerprint density at radius 3 is 2.30 bits per heavy atom. The maximum absolute atomic E-state index is 12.3. The molecule has 1 aliphatic rings. The molecule has 0 aliphatic carbocycles. The van der Waals surface area contributed by atoms with E-state index in [4.69, 9.17) is 0 Å². The number of imide groups is 1. The van der Waals surface area contributed by atoms with Gasteiger partial charge in [-0.3, -0.25) is 14.5 Å². The van der Waals surface area contributed by atoms with Gasteiger partial charge in [0.15, 0.2) is 0 Å². The van der Waals surface area contributed by atoms with Gasteiger partial charge in [-0.05, 0) is 58.5 Å². The van der Waals surface area contributed by atoms with E-state index in [1.807, 2.05) is 30.3 Å². The molecule has 0 N–H and O–H groups in total. The summed E-state index contributed by atoms with van der Waals surface area (Å²) in [5, 5.41) is 0. The Balaban J connectivity index is 1.91. The van der Waals surface area contributed by atoms with Gasteiger partial charge in [0.05, 0.1) is 17.7 Å². The molecule has 2 amide bonds. The van der Waals surface area contributed by atoms with Gasteiger partial charge in [0.1, 0.15) is 0 Å². The summed E-state index contributed by atoms with van der Waals surface area (Å²) in [4.78, 5) is 25.9. The van der Waals surface area contributed by atoms with E-state index in [1.54, 1.807) is 12.1 Å². The Bertz CT molecular complexity index is 712. The first-order valence-corrected chi connectivity index (χ1v) is 7.83. The number of hydrogen-bond donors (Lipinski definition) is 0. The van der Waals surface area contributed by atoms with Crippen molar-refractivity contribution in [3.63, 3.8) is 0 Å². The largest absolute Gasteiger partial charge is 0.270 e. The summed E-state index contributed by atoms with van der Waals surface area (Å²) in [6, 6.07) is 12.9. The van der Waals surface area contributed by atoms with Crippen LogP contribution in [0.4, 0.5) is 0 Å². The van der Waals surface area contributed by atoms with Crippen molar-refractivity contribution in [2.75, 3.05) is 0 Å². The fourth-order valence-corrected chi connectivity index (χ4v) is 2.93. The highest BCUT2D eigenvalue weighted by Crippen LogP contribution is 2.26. The van der Waals surface area contributed by atoms with Gasteiger partial charge in [0.25, 0.3) is 11.8 Å². The van der Waals surface area contributed by atoms with Crippen LogP contribution < -0.4 is 0 Å². The van der Waals surface area contributed by atoms with Gasteiger partial charge in [0, 0.05) is 8.04 Å². The van der Waals surface area contributed by atoms with Crippen LogP contribution in [-0.4, -0.2) is 16.7 Å². The fraction of sp³-hybridized carbons (Fsp3) is 0.0667. The molecule has 0 saturated carbocycles. The quantitative estimate of drug-likeness (QED) is 0.524. The highest BCUT2D eigenvalue weighted by Gasteiger charge is 2.35. The Morgan fingerprint density at radius 2 is 1.60 bits per heavy atom. The van der Waals surface area contributed by atoms with E-state index in [0.717, 1.165) is 13.6 Å². The Labute approximate surface area is 138 Å². The monoisotopic (exact) mass is 441 g/mol. The summed E-state index contributed by atoms with van der Waals surface area (Å²) >= 11 is 5.50. The summed E-state index contributed by atoms with van der Waals surface area (Å²) in [6.07, 6.45) is 0. The summed E-state index contributed by atoms with van der Waals surface area (Å²) < 4.78 is 1.92. The Hall–Kier alpha value is -1.21. The van der Waals surface area contributed by atoms with Crippen molar-refractivity contribution in [1.82, 2.24) is 4.90 Å². The standard InChI is InChI=1S/C15H9BrINO2/c16-10-3-1-9(2-4-10)8-18-14(19)12-6-5-11(17)7-13(12)15(18)20/h1-7H,8H2. The minimum atomic E-state index is -0.218. The highest BCUT2D eigenvalue weighted by atomic mass is 127. The van der Waals surface area contributed by atoms with Gasteiger partial charge in [-0.1, -0.05) is 28.1 Å². The third-order valence-corrected chi connectivity index (χ3v) is 4.39. The number of nitrogens with zero attached hydrogens (tertiary/aromatic N) is 1. The molecule has 0 saturated heterocycles. The van der Waals surface area contributed by atoms with Gasteiger partial charge in [-0.25, -0.2) is 0 Å². The molecule has 20 heavy (non-hydrogen) atoms. The van der Waals surface area contributed by atoms with E-state index in [1.165, 1.54) is 4.90 Å². The Kier molecular flexibility index (Phi) is 3.64. The van der Waals surface area contributed by atoms with Gasteiger partial charge < -0.3 is 0 Å². The molecule has 2 aromatic carbocycles. The van der Waals surface area contributed by atoms with Crippen LogP contribution in [0.25, 0.3) is 0 Å². The molecule has 1 heterocycles. The summed E-state index contributed by atoms with van der Waals surface area (Å²) in [6.45, 7) is 0.302. The van der Waals surface area contributed by atoms with Crippen molar-refractivity contribution in [1.29, 1.82) is 0 Å². The van der Waals surface area contributed by atoms with Crippen LogP contribution in [0.3, 0.4) is 0 Å². The van der Waals surface area contributed by atoms with Crippen molar-refractivity contribution in [2.45, 2.75) is 6.54 Å². The van der Waals surface area contributed by atoms with E-state index < -0.39 is 0 Å². The van der Waals surface area contributed by atoms with Crippen molar-refractivity contribution in [2.24, 2.45) is 0 Å². The average Bonchev–Trinajstić information content (AvgIpc) is 2.66. The molecule has 1 aliphatic heterocycles. The second-order valence-electron chi connectivity index (χ2n) is 4.51. The lowest BCUT2D eigenvalue weighted by molar-refractivity contribution is 0.0642. The number of carbonyl (C=O) groups is 2. The van der Waals surface area contributed by atoms with E-state index >= 15 is 0 Å². The van der Waals surface area contributed by atoms with Crippen LogP contribution in [0.2, 0.25) is 0 Å². The number of hydrogen-bond acceptors (Lipinski definition) is 2. The summed E-state index contributed by atoms with van der Waals surface area (Å²) in [7, 11) is 0. The van der Waals surface area contributed by atoms with E-state index in [-0.39, 0.29) is 11.8 Å². The predicted molar refractivity (Wildman–Crippen MR) is 87.5 cm³/mol. The van der Waals surface area contributed by atoms with Crippen molar-refractivity contribution < 1.29 is 9.59 Å². The van der Waals surface area contributed by atoms with Crippen LogP contribution in [0.5, 0.6) is 0 Å². The maximum atomic E-state index is 12.3. The van der Waals surface area contributed by atoms with E-state index in [2.05, 4.69) is 38.5 Å². The second-order valence-corrected chi connectivity index (χ2v) is 6.67. The molecule has 3 nitrogen and oxygen atoms in total. The molecule has 0 spiro atoms. The second kappa shape index (κ2) is 5.29. The number of carbonyl (C=O) groups excluding carboxylic acids is 2. The third-order valence-electron chi connectivity index (χ3n) is 3.19. The number of benzene rings is 2. The number of amides is 2. The molecule has 2 aromatic rings. The molecule has 0 radical (unpaired) electrons. The number of fused-ring (bicyclic) bond motifs is 1. The topological polar surface area (TPSA) is 37.4 Å². The SMILES string of the molecule is O=C1c2ccc(I)cc2C(=O)N1Cc1ccc(Br)cc1. The van der Waals surface area contributed by atoms with Crippen molar-refractivity contribution >= 4 is 50.3 Å². The molecule has 100 valence electrons. The van der Waals surface area contributed by atoms with Crippen LogP contribution in [0.1, 0.15) is 26.3 Å². The summed E-state index contributed by atoms with van der Waals surface area (Å²) in [5.41, 5.74) is 1.92. The molecule has 0 atom stereocenters. The first-order valence-electron chi connectivity index (χ1n) is 5.96. The predicted octanol–water partition coefficient (Wildman–Crippen LogP) is 3.85. The van der Waals surface area contributed by atoms with E-state index in [0.29, 0.717) is 17.7 Å². The molecule has 0 bridgehead atoms. The first kappa shape index (κ1) is 13.8. The molecule has 0 aromatic heterocycles. The zero-order valence-corrected chi connectivity index (χ0v) is 14.0. The molecule has 5 heteroatoms. The average molecular weight is 442 g/mol. The van der Waals surface area contributed by atoms with Crippen molar-refractivity contribution in [3.05, 3.63) is 67.2 Å². The molecular formula is C15H9BrINO2. The maximum Gasteiger partial charge on any atom is 0.261 e. The van der Waals surface area contributed by atoms with Gasteiger partial charge in [-0.2, -0.15) is 0 Å². The minimum Gasteiger partial charge on any atom is -0.270 e. The zero-order valence-electron chi connectivity index (χ0n) is 10.3. The lowest BCUT2D eigenvalue weighted by Gasteiger charge is -2.13. The molecule has 3 rings (SSSR count). The minimum absolute atomic E-state index is 0.216. The lowest BCUT2D eigenvalue weighted by atomic mass is 10.1. The number of rotatable bonds is 2. The molecule has 0 fully saturated rings. The normalized spacial score (nSPS) is 13.8. The van der Waals surface area contributed by atoms with Crippen molar-refractivity contribution in [3.8, 4) is 0 Å². The third kappa shape index (κ3) is 2.40. The number of halogens is 2. The lowest BCUT2D eigenvalue weighted by Crippen LogP contribution is -2.29. The smallest absolute Gasteiger partial charge is 0.261 e. The van der Waals surface area contributed by atoms with Crippen LogP contribution >= 0.6 is 38.5 Å². The van der Waals surface area contributed by atoms with E-state index in [9.17, 15) is 9.59 Å². The fourth-order valence-electron chi connectivity index (χ4n) is 2.18. The Morgan fingerprint density at radius 1 is 0.950 bits per heavy atom. The zero-order chi connectivity index (χ0) is 14.3. The van der Waals surface area contributed by atoms with Crippen LogP contribution in [0.15, 0.2) is 46.9 Å².